The molecule has 0 unspecified atom stereocenters. The van der Waals surface area contributed by atoms with Crippen molar-refractivity contribution < 1.29 is 18.4 Å². The summed E-state index contributed by atoms with van der Waals surface area (Å²) in [4.78, 5) is 13.3. The summed E-state index contributed by atoms with van der Waals surface area (Å²) in [7, 11) is 0. The van der Waals surface area contributed by atoms with Gasteiger partial charge in [-0.15, -0.1) is 0 Å². The third-order valence-corrected chi connectivity index (χ3v) is 4.20. The fourth-order valence-electron chi connectivity index (χ4n) is 2.85. The van der Waals surface area contributed by atoms with Crippen LogP contribution in [0.25, 0.3) is 10.9 Å². The minimum atomic E-state index is -4.51. The molecule has 0 bridgehead atoms. The van der Waals surface area contributed by atoms with Gasteiger partial charge in [0.15, 0.2) is 0 Å². The predicted molar refractivity (Wildman–Crippen MR) is 86.0 cm³/mol. The molecule has 24 heavy (non-hydrogen) atoms. The number of nitrogens with one attached hydrogen (secondary N) is 1. The first-order valence-electron chi connectivity index (χ1n) is 7.86. The Hall–Kier alpha value is -1.86. The van der Waals surface area contributed by atoms with Gasteiger partial charge in [0.25, 0.3) is 0 Å². The Morgan fingerprint density at radius 2 is 1.75 bits per heavy atom. The van der Waals surface area contributed by atoms with E-state index >= 15 is 0 Å². The number of benzene rings is 1. The van der Waals surface area contributed by atoms with E-state index in [9.17, 15) is 23.2 Å². The molecule has 3 rings (SSSR count). The molecule has 1 aliphatic heterocycles. The average Bonchev–Trinajstić information content (AvgIpc) is 2.51. The number of fused-ring (bicyclic) bond motifs is 1. The highest BCUT2D eigenvalue weighted by Crippen LogP contribution is 2.32. The summed E-state index contributed by atoms with van der Waals surface area (Å²) >= 11 is 0. The van der Waals surface area contributed by atoms with Crippen LogP contribution in [-0.4, -0.2) is 27.3 Å². The van der Waals surface area contributed by atoms with Crippen LogP contribution in [0.15, 0.2) is 35.1 Å². The Balaban J connectivity index is 0.000000198. The normalized spacial score (nSPS) is 22.1. The fourth-order valence-corrected chi connectivity index (χ4v) is 2.85. The summed E-state index contributed by atoms with van der Waals surface area (Å²) in [6, 6.07) is 7.14. The van der Waals surface area contributed by atoms with Crippen LogP contribution in [0.3, 0.4) is 0 Å². The van der Waals surface area contributed by atoms with Crippen LogP contribution < -0.4 is 5.56 Å². The van der Waals surface area contributed by atoms with Crippen LogP contribution in [-0.2, 0) is 6.18 Å². The molecule has 7 heteroatoms. The van der Waals surface area contributed by atoms with Crippen molar-refractivity contribution in [2.45, 2.75) is 51.4 Å². The van der Waals surface area contributed by atoms with Crippen LogP contribution in [0.2, 0.25) is 0 Å². The summed E-state index contributed by atoms with van der Waals surface area (Å²) in [6.45, 7) is 4.13. The van der Waals surface area contributed by atoms with Crippen molar-refractivity contribution in [3.05, 3.63) is 46.2 Å². The Morgan fingerprint density at radius 3 is 2.29 bits per heavy atom. The summed E-state index contributed by atoms with van der Waals surface area (Å²) in [5.41, 5.74) is -1.46. The summed E-state index contributed by atoms with van der Waals surface area (Å²) in [5.74, 6) is 0. The first-order chi connectivity index (χ1) is 11.2. The van der Waals surface area contributed by atoms with Gasteiger partial charge >= 0.3 is 6.18 Å². The van der Waals surface area contributed by atoms with Gasteiger partial charge in [0.1, 0.15) is 0 Å². The zero-order valence-electron chi connectivity index (χ0n) is 13.6. The Morgan fingerprint density at radius 1 is 1.17 bits per heavy atom. The third kappa shape index (κ3) is 4.36. The quantitative estimate of drug-likeness (QED) is 0.755. The standard InChI is InChI=1S/C10H6F3NO.C7H15NO/c11-10(12,13)7-5-9(15)14-8-4-2-1-3-6(7)8;1-6-4-3-5-7(2)8(6)9/h1-5H,(H,14,15);6-7,9H,3-5H2,1-2H3/t;6-,7-/m.0/s1. The monoisotopic (exact) mass is 342 g/mol. The molecule has 0 spiro atoms. The van der Waals surface area contributed by atoms with Crippen molar-refractivity contribution in [2.75, 3.05) is 0 Å². The van der Waals surface area contributed by atoms with Crippen LogP contribution >= 0.6 is 0 Å². The molecule has 2 heterocycles. The first-order valence-corrected chi connectivity index (χ1v) is 7.86. The molecule has 1 saturated heterocycles. The summed E-state index contributed by atoms with van der Waals surface area (Å²) in [5, 5.41) is 10.8. The maximum atomic E-state index is 12.5. The molecule has 2 N–H and O–H groups in total. The maximum absolute atomic E-state index is 12.5. The van der Waals surface area contributed by atoms with E-state index in [-0.39, 0.29) is 10.9 Å². The van der Waals surface area contributed by atoms with E-state index in [1.807, 2.05) is 0 Å². The van der Waals surface area contributed by atoms with E-state index in [1.54, 1.807) is 6.07 Å². The zero-order chi connectivity index (χ0) is 17.9. The molecule has 1 aromatic heterocycles. The molecule has 0 radical (unpaired) electrons. The molecule has 2 atom stereocenters. The number of hydrogen-bond donors (Lipinski definition) is 2. The maximum Gasteiger partial charge on any atom is 0.417 e. The molecule has 1 fully saturated rings. The van der Waals surface area contributed by atoms with Gasteiger partial charge in [-0.3, -0.25) is 4.79 Å². The second-order valence-electron chi connectivity index (χ2n) is 6.10. The average molecular weight is 342 g/mol. The van der Waals surface area contributed by atoms with E-state index in [0.29, 0.717) is 18.2 Å². The van der Waals surface area contributed by atoms with Crippen molar-refractivity contribution in [1.29, 1.82) is 0 Å². The lowest BCUT2D eigenvalue weighted by Crippen LogP contribution is -2.40. The van der Waals surface area contributed by atoms with Crippen LogP contribution in [0.1, 0.15) is 38.7 Å². The fraction of sp³-hybridized carbons (Fsp3) is 0.471. The van der Waals surface area contributed by atoms with Gasteiger partial charge in [0, 0.05) is 29.1 Å². The second kappa shape index (κ2) is 7.36. The van der Waals surface area contributed by atoms with Gasteiger partial charge in [-0.2, -0.15) is 18.2 Å². The number of rotatable bonds is 0. The SMILES string of the molecule is C[C@H]1CCC[C@H](C)N1O.O=c1cc(C(F)(F)F)c2ccccc2[nH]1. The number of H-pyrrole nitrogens is 1. The van der Waals surface area contributed by atoms with Crippen LogP contribution in [0.4, 0.5) is 13.2 Å². The Bertz CT molecular complexity index is 732. The third-order valence-electron chi connectivity index (χ3n) is 4.20. The van der Waals surface area contributed by atoms with Gasteiger partial charge in [0.2, 0.25) is 5.56 Å². The lowest BCUT2D eigenvalue weighted by Gasteiger charge is -2.33. The lowest BCUT2D eigenvalue weighted by atomic mass is 10.0. The molecule has 2 aromatic rings. The summed E-state index contributed by atoms with van der Waals surface area (Å²) in [6.07, 6.45) is -0.963. The molecule has 0 aliphatic carbocycles. The number of nitrogens with zero attached hydrogens (tertiary/aromatic N) is 1. The molecule has 132 valence electrons. The van der Waals surface area contributed by atoms with Crippen molar-refractivity contribution in [3.63, 3.8) is 0 Å². The minimum absolute atomic E-state index is 0.00426. The van der Waals surface area contributed by atoms with Gasteiger partial charge in [-0.1, -0.05) is 24.6 Å². The molecule has 1 aliphatic rings. The number of pyridine rings is 1. The van der Waals surface area contributed by atoms with E-state index < -0.39 is 17.3 Å². The van der Waals surface area contributed by atoms with E-state index in [4.69, 9.17) is 0 Å². The van der Waals surface area contributed by atoms with Gasteiger partial charge in [0.05, 0.1) is 5.56 Å². The lowest BCUT2D eigenvalue weighted by molar-refractivity contribution is -0.167. The summed E-state index contributed by atoms with van der Waals surface area (Å²) < 4.78 is 37.6. The van der Waals surface area contributed by atoms with E-state index in [1.165, 1.54) is 29.7 Å². The number of aromatic amines is 1. The highest BCUT2D eigenvalue weighted by Gasteiger charge is 2.33. The number of alkyl halides is 3. The molecular weight excluding hydrogens is 321 g/mol. The second-order valence-corrected chi connectivity index (χ2v) is 6.10. The van der Waals surface area contributed by atoms with Crippen molar-refractivity contribution in [3.8, 4) is 0 Å². The number of piperidine rings is 1. The number of halogens is 3. The van der Waals surface area contributed by atoms with Crippen molar-refractivity contribution in [2.24, 2.45) is 0 Å². The molecule has 1 aromatic carbocycles. The van der Waals surface area contributed by atoms with Gasteiger partial charge < -0.3 is 10.2 Å². The van der Waals surface area contributed by atoms with E-state index in [0.717, 1.165) is 12.8 Å². The zero-order valence-corrected chi connectivity index (χ0v) is 13.6. The Kier molecular flexibility index (Phi) is 5.66. The van der Waals surface area contributed by atoms with Crippen LogP contribution in [0.5, 0.6) is 0 Å². The Labute approximate surface area is 137 Å². The predicted octanol–water partition coefficient (Wildman–Crippen LogP) is 4.19. The van der Waals surface area contributed by atoms with Gasteiger partial charge in [-0.05, 0) is 32.8 Å². The smallest absolute Gasteiger partial charge is 0.322 e. The molecule has 0 amide bonds. The molecule has 0 saturated carbocycles. The first kappa shape index (κ1) is 18.5. The topological polar surface area (TPSA) is 56.3 Å². The van der Waals surface area contributed by atoms with Crippen LogP contribution in [0, 0.1) is 0 Å². The number of hydrogen-bond acceptors (Lipinski definition) is 3. The molecular formula is C17H21F3N2O2. The van der Waals surface area contributed by atoms with Crippen molar-refractivity contribution >= 4 is 10.9 Å². The van der Waals surface area contributed by atoms with Crippen molar-refractivity contribution in [1.82, 2.24) is 10.0 Å². The number of aromatic nitrogens is 1. The highest BCUT2D eigenvalue weighted by atomic mass is 19.4. The minimum Gasteiger partial charge on any atom is -0.322 e. The highest BCUT2D eigenvalue weighted by molar-refractivity contribution is 5.82. The van der Waals surface area contributed by atoms with E-state index in [2.05, 4.69) is 18.8 Å². The van der Waals surface area contributed by atoms with Gasteiger partial charge in [-0.25, -0.2) is 0 Å². The number of hydroxylamine groups is 2. The largest absolute Gasteiger partial charge is 0.417 e. The molecule has 4 nitrogen and oxygen atoms in total. The number of para-hydroxylation sites is 1.